The molecule has 0 N–H and O–H groups in total. The van der Waals surface area contributed by atoms with Gasteiger partial charge in [-0.25, -0.2) is 0 Å². The Kier molecular flexibility index (Phi) is 3.33. The second-order valence-corrected chi connectivity index (χ2v) is 5.43. The van der Waals surface area contributed by atoms with Crippen LogP contribution in [0.1, 0.15) is 48.7 Å². The Morgan fingerprint density at radius 3 is 2.00 bits per heavy atom. The van der Waals surface area contributed by atoms with Gasteiger partial charge in [-0.15, -0.1) is 0 Å². The predicted molar refractivity (Wildman–Crippen MR) is 64.3 cm³/mol. The number of benzene rings is 1. The molecule has 1 rings (SSSR count). The number of hydrogen-bond donors (Lipinski definition) is 0. The minimum atomic E-state index is 0.0613. The summed E-state index contributed by atoms with van der Waals surface area (Å²) in [5.41, 5.74) is 3.15. The number of carbonyl (C=O) groups is 1. The third-order valence-corrected chi connectivity index (χ3v) is 2.45. The van der Waals surface area contributed by atoms with Gasteiger partial charge in [0.15, 0.2) is 5.78 Å². The van der Waals surface area contributed by atoms with E-state index in [1.807, 2.05) is 32.0 Å². The lowest BCUT2D eigenvalue weighted by Crippen LogP contribution is -2.15. The molecule has 0 heterocycles. The van der Waals surface area contributed by atoms with Gasteiger partial charge in [-0.3, -0.25) is 4.79 Å². The van der Waals surface area contributed by atoms with Crippen molar-refractivity contribution in [3.05, 3.63) is 34.9 Å². The fraction of sp³-hybridized carbons (Fsp3) is 0.500. The highest BCUT2D eigenvalue weighted by atomic mass is 16.1. The van der Waals surface area contributed by atoms with E-state index in [0.29, 0.717) is 6.42 Å². The summed E-state index contributed by atoms with van der Waals surface area (Å²) in [6.45, 7) is 10.3. The summed E-state index contributed by atoms with van der Waals surface area (Å²) in [5, 5.41) is 0. The van der Waals surface area contributed by atoms with Crippen LogP contribution in [0, 0.1) is 19.3 Å². The van der Waals surface area contributed by atoms with Crippen molar-refractivity contribution in [3.8, 4) is 0 Å². The Bertz CT molecular complexity index is 349. The molecule has 15 heavy (non-hydrogen) atoms. The molecule has 0 saturated heterocycles. The van der Waals surface area contributed by atoms with Gasteiger partial charge in [-0.05, 0) is 30.4 Å². The number of carbonyl (C=O) groups excluding carboxylic acids is 1. The molecule has 0 aromatic heterocycles. The first-order chi connectivity index (χ1) is 6.81. The van der Waals surface area contributed by atoms with Crippen molar-refractivity contribution in [3.63, 3.8) is 0 Å². The van der Waals surface area contributed by atoms with E-state index in [2.05, 4.69) is 20.8 Å². The maximum absolute atomic E-state index is 12.1. The minimum Gasteiger partial charge on any atom is -0.294 e. The van der Waals surface area contributed by atoms with E-state index in [-0.39, 0.29) is 11.2 Å². The van der Waals surface area contributed by atoms with Crippen LogP contribution in [0.3, 0.4) is 0 Å². The standard InChI is InChI=1S/C14H20O/c1-10-7-6-8-11(2)13(10)12(15)9-14(3,4)5/h6-8H,9H2,1-5H3. The molecule has 0 aliphatic carbocycles. The molecule has 0 saturated carbocycles. The van der Waals surface area contributed by atoms with Crippen molar-refractivity contribution >= 4 is 5.78 Å². The van der Waals surface area contributed by atoms with Gasteiger partial charge < -0.3 is 0 Å². The molecule has 1 nitrogen and oxygen atoms in total. The first-order valence-electron chi connectivity index (χ1n) is 5.41. The second kappa shape index (κ2) is 4.18. The van der Waals surface area contributed by atoms with Crippen LogP contribution >= 0.6 is 0 Å². The van der Waals surface area contributed by atoms with Gasteiger partial charge in [0, 0.05) is 12.0 Å². The summed E-state index contributed by atoms with van der Waals surface area (Å²) in [7, 11) is 0. The normalized spacial score (nSPS) is 11.5. The molecule has 0 aliphatic rings. The number of ketones is 1. The zero-order chi connectivity index (χ0) is 11.6. The van der Waals surface area contributed by atoms with Gasteiger partial charge in [0.2, 0.25) is 0 Å². The lowest BCUT2D eigenvalue weighted by atomic mass is 9.85. The molecule has 0 fully saturated rings. The van der Waals surface area contributed by atoms with Gasteiger partial charge in [-0.1, -0.05) is 39.0 Å². The topological polar surface area (TPSA) is 17.1 Å². The lowest BCUT2D eigenvalue weighted by Gasteiger charge is -2.18. The monoisotopic (exact) mass is 204 g/mol. The Balaban J connectivity index is 3.02. The Morgan fingerprint density at radius 1 is 1.13 bits per heavy atom. The summed E-state index contributed by atoms with van der Waals surface area (Å²) < 4.78 is 0. The van der Waals surface area contributed by atoms with Crippen LogP contribution in [0.25, 0.3) is 0 Å². The number of hydrogen-bond acceptors (Lipinski definition) is 1. The van der Waals surface area contributed by atoms with Crippen LogP contribution in [-0.4, -0.2) is 5.78 Å². The molecule has 0 aliphatic heterocycles. The average molecular weight is 204 g/mol. The van der Waals surface area contributed by atoms with Crippen LogP contribution in [0.2, 0.25) is 0 Å². The lowest BCUT2D eigenvalue weighted by molar-refractivity contribution is 0.0938. The molecule has 0 unspecified atom stereocenters. The average Bonchev–Trinajstić information content (AvgIpc) is 1.99. The number of aryl methyl sites for hydroxylation is 2. The van der Waals surface area contributed by atoms with Crippen molar-refractivity contribution in [2.45, 2.75) is 41.0 Å². The molecular weight excluding hydrogens is 184 g/mol. The highest BCUT2D eigenvalue weighted by molar-refractivity contribution is 5.99. The van der Waals surface area contributed by atoms with Crippen molar-refractivity contribution < 1.29 is 4.79 Å². The van der Waals surface area contributed by atoms with Gasteiger partial charge in [0.1, 0.15) is 0 Å². The van der Waals surface area contributed by atoms with Crippen LogP contribution in [0.5, 0.6) is 0 Å². The van der Waals surface area contributed by atoms with E-state index in [4.69, 9.17) is 0 Å². The fourth-order valence-corrected chi connectivity index (χ4v) is 1.82. The summed E-state index contributed by atoms with van der Waals surface area (Å²) in [6, 6.07) is 6.00. The van der Waals surface area contributed by atoms with Crippen LogP contribution in [0.4, 0.5) is 0 Å². The molecule has 1 aromatic rings. The minimum absolute atomic E-state index is 0.0613. The molecule has 1 aromatic carbocycles. The first kappa shape index (κ1) is 12.0. The quantitative estimate of drug-likeness (QED) is 0.667. The van der Waals surface area contributed by atoms with Gasteiger partial charge in [0.25, 0.3) is 0 Å². The van der Waals surface area contributed by atoms with Crippen molar-refractivity contribution in [1.29, 1.82) is 0 Å². The van der Waals surface area contributed by atoms with Crippen molar-refractivity contribution in [1.82, 2.24) is 0 Å². The molecule has 0 bridgehead atoms. The SMILES string of the molecule is Cc1cccc(C)c1C(=O)CC(C)(C)C. The van der Waals surface area contributed by atoms with Gasteiger partial charge in [-0.2, -0.15) is 0 Å². The molecule has 0 radical (unpaired) electrons. The van der Waals surface area contributed by atoms with E-state index in [1.165, 1.54) is 0 Å². The molecule has 0 amide bonds. The highest BCUT2D eigenvalue weighted by Crippen LogP contribution is 2.24. The summed E-state index contributed by atoms with van der Waals surface area (Å²) in [4.78, 5) is 12.1. The third kappa shape index (κ3) is 3.19. The molecule has 1 heteroatoms. The van der Waals surface area contributed by atoms with Crippen LogP contribution in [0.15, 0.2) is 18.2 Å². The Morgan fingerprint density at radius 2 is 1.60 bits per heavy atom. The van der Waals surface area contributed by atoms with E-state index in [9.17, 15) is 4.79 Å². The van der Waals surface area contributed by atoms with Gasteiger partial charge >= 0.3 is 0 Å². The smallest absolute Gasteiger partial charge is 0.163 e. The zero-order valence-corrected chi connectivity index (χ0v) is 10.3. The van der Waals surface area contributed by atoms with Crippen molar-refractivity contribution in [2.24, 2.45) is 5.41 Å². The summed E-state index contributed by atoms with van der Waals surface area (Å²) in [5.74, 6) is 0.262. The third-order valence-electron chi connectivity index (χ3n) is 2.45. The Hall–Kier alpha value is -1.11. The molecule has 82 valence electrons. The Labute approximate surface area is 92.5 Å². The second-order valence-electron chi connectivity index (χ2n) is 5.43. The summed E-state index contributed by atoms with van der Waals surface area (Å²) in [6.07, 6.45) is 0.610. The fourth-order valence-electron chi connectivity index (χ4n) is 1.82. The molecular formula is C14H20O. The highest BCUT2D eigenvalue weighted by Gasteiger charge is 2.19. The zero-order valence-electron chi connectivity index (χ0n) is 10.3. The predicted octanol–water partition coefficient (Wildman–Crippen LogP) is 3.92. The van der Waals surface area contributed by atoms with E-state index in [0.717, 1.165) is 16.7 Å². The summed E-state index contributed by atoms with van der Waals surface area (Å²) >= 11 is 0. The van der Waals surface area contributed by atoms with E-state index < -0.39 is 0 Å². The van der Waals surface area contributed by atoms with Crippen molar-refractivity contribution in [2.75, 3.05) is 0 Å². The molecule has 0 atom stereocenters. The molecule has 0 spiro atoms. The van der Waals surface area contributed by atoms with Crippen LogP contribution < -0.4 is 0 Å². The number of rotatable bonds is 2. The first-order valence-corrected chi connectivity index (χ1v) is 5.41. The van der Waals surface area contributed by atoms with Crippen LogP contribution in [-0.2, 0) is 0 Å². The largest absolute Gasteiger partial charge is 0.294 e. The number of Topliss-reactive ketones (excluding diaryl/α,β-unsaturated/α-hetero) is 1. The maximum atomic E-state index is 12.1. The van der Waals surface area contributed by atoms with Gasteiger partial charge in [0.05, 0.1) is 0 Å². The maximum Gasteiger partial charge on any atom is 0.163 e. The van der Waals surface area contributed by atoms with E-state index >= 15 is 0 Å². The van der Waals surface area contributed by atoms with E-state index in [1.54, 1.807) is 0 Å².